The highest BCUT2D eigenvalue weighted by Gasteiger charge is 1.99. The van der Waals surface area contributed by atoms with Gasteiger partial charge in [-0.2, -0.15) is 0 Å². The van der Waals surface area contributed by atoms with Crippen LogP contribution in [0, 0.1) is 0 Å². The van der Waals surface area contributed by atoms with E-state index in [1.54, 1.807) is 7.05 Å². The molecule has 1 N–H and O–H groups in total. The minimum absolute atomic E-state index is 0.166. The number of nitrogens with one attached hydrogen (secondary N) is 1. The van der Waals surface area contributed by atoms with Crippen molar-refractivity contribution in [1.82, 2.24) is 10.2 Å². The number of carbonyl (C=O) groups is 1. The van der Waals surface area contributed by atoms with E-state index in [-0.39, 0.29) is 5.91 Å². The molecule has 15 heavy (non-hydrogen) atoms. The molecular formula is C12H26N2O. The fourth-order valence-corrected chi connectivity index (χ4v) is 1.64. The lowest BCUT2D eigenvalue weighted by Gasteiger charge is -2.17. The monoisotopic (exact) mass is 214 g/mol. The molecule has 0 aliphatic carbocycles. The zero-order valence-corrected chi connectivity index (χ0v) is 10.5. The lowest BCUT2D eigenvalue weighted by Crippen LogP contribution is -2.23. The second-order valence-electron chi connectivity index (χ2n) is 3.86. The van der Waals surface area contributed by atoms with Crippen LogP contribution < -0.4 is 5.32 Å². The summed E-state index contributed by atoms with van der Waals surface area (Å²) in [5.41, 5.74) is 0. The lowest BCUT2D eigenvalue weighted by molar-refractivity contribution is -0.120. The Hall–Kier alpha value is -0.570. The number of hydrogen-bond donors (Lipinski definition) is 1. The van der Waals surface area contributed by atoms with Gasteiger partial charge >= 0.3 is 0 Å². The Morgan fingerprint density at radius 2 is 1.67 bits per heavy atom. The lowest BCUT2D eigenvalue weighted by atomic mass is 10.1. The summed E-state index contributed by atoms with van der Waals surface area (Å²) >= 11 is 0. The normalized spacial score (nSPS) is 10.7. The van der Waals surface area contributed by atoms with Crippen LogP contribution in [-0.4, -0.2) is 37.5 Å². The molecule has 0 radical (unpaired) electrons. The Kier molecular flexibility index (Phi) is 9.59. The van der Waals surface area contributed by atoms with Gasteiger partial charge in [0.1, 0.15) is 0 Å². The van der Waals surface area contributed by atoms with Gasteiger partial charge in [-0.3, -0.25) is 4.79 Å². The van der Waals surface area contributed by atoms with Gasteiger partial charge in [-0.05, 0) is 32.5 Å². The maximum Gasteiger partial charge on any atom is 0.219 e. The van der Waals surface area contributed by atoms with Gasteiger partial charge in [0.15, 0.2) is 0 Å². The molecule has 0 unspecified atom stereocenters. The second kappa shape index (κ2) is 9.97. The van der Waals surface area contributed by atoms with Crippen LogP contribution in [-0.2, 0) is 4.79 Å². The fraction of sp³-hybridized carbons (Fsp3) is 0.917. The summed E-state index contributed by atoms with van der Waals surface area (Å²) in [7, 11) is 1.70. The second-order valence-corrected chi connectivity index (χ2v) is 3.86. The molecule has 0 fully saturated rings. The van der Waals surface area contributed by atoms with Gasteiger partial charge in [0.25, 0.3) is 0 Å². The maximum atomic E-state index is 10.9. The Bertz CT molecular complexity index is 156. The van der Waals surface area contributed by atoms with Gasteiger partial charge in [0, 0.05) is 13.5 Å². The Balaban J connectivity index is 3.21. The summed E-state index contributed by atoms with van der Waals surface area (Å²) in [6.07, 6.45) is 5.39. The number of hydrogen-bond acceptors (Lipinski definition) is 2. The van der Waals surface area contributed by atoms with Crippen molar-refractivity contribution in [3.63, 3.8) is 0 Å². The maximum absolute atomic E-state index is 10.9. The van der Waals surface area contributed by atoms with Crippen LogP contribution in [0.2, 0.25) is 0 Å². The van der Waals surface area contributed by atoms with Crippen LogP contribution in [0.4, 0.5) is 0 Å². The molecule has 0 spiro atoms. The topological polar surface area (TPSA) is 32.3 Å². The molecule has 1 amide bonds. The summed E-state index contributed by atoms with van der Waals surface area (Å²) < 4.78 is 0. The Morgan fingerprint density at radius 1 is 1.07 bits per heavy atom. The fourth-order valence-electron chi connectivity index (χ4n) is 1.64. The van der Waals surface area contributed by atoms with Crippen molar-refractivity contribution in [1.29, 1.82) is 0 Å². The molecule has 0 saturated heterocycles. The van der Waals surface area contributed by atoms with Gasteiger partial charge in [0.2, 0.25) is 5.91 Å². The predicted molar refractivity (Wildman–Crippen MR) is 64.9 cm³/mol. The number of nitrogens with zero attached hydrogens (tertiary/aromatic N) is 1. The number of amides is 1. The molecule has 90 valence electrons. The van der Waals surface area contributed by atoms with E-state index in [9.17, 15) is 4.79 Å². The molecule has 0 bridgehead atoms. The van der Waals surface area contributed by atoms with E-state index in [0.717, 1.165) is 19.5 Å². The average molecular weight is 214 g/mol. The van der Waals surface area contributed by atoms with Crippen molar-refractivity contribution >= 4 is 5.91 Å². The first-order valence-electron chi connectivity index (χ1n) is 6.17. The first-order chi connectivity index (χ1) is 7.24. The molecule has 0 atom stereocenters. The zero-order chi connectivity index (χ0) is 11.5. The van der Waals surface area contributed by atoms with Crippen molar-refractivity contribution in [2.75, 3.05) is 26.7 Å². The molecule has 0 saturated carbocycles. The third-order valence-corrected chi connectivity index (χ3v) is 2.80. The van der Waals surface area contributed by atoms with Crippen molar-refractivity contribution in [2.24, 2.45) is 0 Å². The first-order valence-corrected chi connectivity index (χ1v) is 6.17. The minimum Gasteiger partial charge on any atom is -0.359 e. The van der Waals surface area contributed by atoms with Gasteiger partial charge in [-0.15, -0.1) is 0 Å². The molecule has 0 rings (SSSR count). The highest BCUT2D eigenvalue weighted by Crippen LogP contribution is 2.04. The van der Waals surface area contributed by atoms with Crippen molar-refractivity contribution in [2.45, 2.75) is 46.0 Å². The average Bonchev–Trinajstić information content (AvgIpc) is 2.28. The quantitative estimate of drug-likeness (QED) is 0.596. The largest absolute Gasteiger partial charge is 0.359 e. The molecule has 0 aromatic rings. The number of carbonyl (C=O) groups excluding carboxylic acids is 1. The highest BCUT2D eigenvalue weighted by atomic mass is 16.1. The summed E-state index contributed by atoms with van der Waals surface area (Å²) in [6, 6.07) is 0. The molecule has 3 nitrogen and oxygen atoms in total. The Labute approximate surface area is 94.2 Å². The minimum atomic E-state index is 0.166. The zero-order valence-electron chi connectivity index (χ0n) is 10.5. The van der Waals surface area contributed by atoms with Crippen LogP contribution >= 0.6 is 0 Å². The molecule has 0 aromatic carbocycles. The number of unbranched alkanes of at least 4 members (excludes halogenated alkanes) is 3. The van der Waals surface area contributed by atoms with Crippen LogP contribution in [0.15, 0.2) is 0 Å². The van der Waals surface area contributed by atoms with E-state index >= 15 is 0 Å². The standard InChI is InChI=1S/C12H26N2O/c1-4-14(5-2)11-9-7-6-8-10-12(15)13-3/h4-11H2,1-3H3,(H,13,15). The van der Waals surface area contributed by atoms with Crippen molar-refractivity contribution < 1.29 is 4.79 Å². The molecule has 0 aliphatic rings. The smallest absolute Gasteiger partial charge is 0.219 e. The molecule has 0 aliphatic heterocycles. The third-order valence-electron chi connectivity index (χ3n) is 2.80. The van der Waals surface area contributed by atoms with Crippen LogP contribution in [0.5, 0.6) is 0 Å². The molecule has 0 aromatic heterocycles. The van der Waals surface area contributed by atoms with Gasteiger partial charge in [0.05, 0.1) is 0 Å². The number of rotatable bonds is 9. The van der Waals surface area contributed by atoms with E-state index in [2.05, 4.69) is 24.1 Å². The van der Waals surface area contributed by atoms with Gasteiger partial charge in [-0.1, -0.05) is 26.7 Å². The summed E-state index contributed by atoms with van der Waals surface area (Å²) in [4.78, 5) is 13.4. The highest BCUT2D eigenvalue weighted by molar-refractivity contribution is 5.75. The van der Waals surface area contributed by atoms with E-state index in [1.807, 2.05) is 0 Å². The molecule has 0 heterocycles. The van der Waals surface area contributed by atoms with Crippen molar-refractivity contribution in [3.05, 3.63) is 0 Å². The van der Waals surface area contributed by atoms with Crippen LogP contribution in [0.3, 0.4) is 0 Å². The van der Waals surface area contributed by atoms with Crippen LogP contribution in [0.1, 0.15) is 46.0 Å². The van der Waals surface area contributed by atoms with Gasteiger partial charge < -0.3 is 10.2 Å². The summed E-state index contributed by atoms with van der Waals surface area (Å²) in [5.74, 6) is 0.166. The molecule has 3 heteroatoms. The first kappa shape index (κ1) is 14.4. The van der Waals surface area contributed by atoms with Crippen LogP contribution in [0.25, 0.3) is 0 Å². The van der Waals surface area contributed by atoms with Crippen molar-refractivity contribution in [3.8, 4) is 0 Å². The Morgan fingerprint density at radius 3 is 2.20 bits per heavy atom. The SMILES string of the molecule is CCN(CC)CCCCCCC(=O)NC. The van der Waals surface area contributed by atoms with Gasteiger partial charge in [-0.25, -0.2) is 0 Å². The predicted octanol–water partition coefficient (Wildman–Crippen LogP) is 2.02. The van der Waals surface area contributed by atoms with E-state index in [4.69, 9.17) is 0 Å². The van der Waals surface area contributed by atoms with E-state index in [1.165, 1.54) is 25.8 Å². The van der Waals surface area contributed by atoms with E-state index < -0.39 is 0 Å². The summed E-state index contributed by atoms with van der Waals surface area (Å²) in [5, 5.41) is 2.65. The summed E-state index contributed by atoms with van der Waals surface area (Å²) in [6.45, 7) is 7.90. The van der Waals surface area contributed by atoms with E-state index in [0.29, 0.717) is 6.42 Å². The molecular weight excluding hydrogens is 188 g/mol. The third kappa shape index (κ3) is 8.43.